The Morgan fingerprint density at radius 1 is 1.63 bits per heavy atom. The summed E-state index contributed by atoms with van der Waals surface area (Å²) >= 11 is 0. The van der Waals surface area contributed by atoms with Gasteiger partial charge in [-0.25, -0.2) is 9.78 Å². The van der Waals surface area contributed by atoms with Gasteiger partial charge in [-0.15, -0.1) is 0 Å². The molecule has 1 N–H and O–H groups in total. The van der Waals surface area contributed by atoms with Gasteiger partial charge >= 0.3 is 5.97 Å². The molecule has 1 fully saturated rings. The highest BCUT2D eigenvalue weighted by Crippen LogP contribution is 2.18. The number of rotatable bonds is 3. The summed E-state index contributed by atoms with van der Waals surface area (Å²) in [5, 5.41) is 0. The number of carbonyl (C=O) groups is 1. The number of H-pyrrole nitrogens is 1. The molecule has 0 radical (unpaired) electrons. The lowest BCUT2D eigenvalue weighted by atomic mass is 10.0. The quantitative estimate of drug-likeness (QED) is 0.831. The molecule has 1 aliphatic rings. The highest BCUT2D eigenvalue weighted by Gasteiger charge is 2.20. The molecule has 2 heterocycles. The van der Waals surface area contributed by atoms with Crippen LogP contribution in [0.25, 0.3) is 0 Å². The van der Waals surface area contributed by atoms with Crippen LogP contribution >= 0.6 is 0 Å². The molecule has 0 bridgehead atoms. The van der Waals surface area contributed by atoms with Crippen LogP contribution in [0, 0.1) is 5.92 Å². The first-order valence-corrected chi connectivity index (χ1v) is 6.63. The average molecular weight is 265 g/mol. The minimum absolute atomic E-state index is 0.0457. The van der Waals surface area contributed by atoms with Gasteiger partial charge in [0.1, 0.15) is 5.56 Å². The Labute approximate surface area is 111 Å². The van der Waals surface area contributed by atoms with Gasteiger partial charge in [-0.3, -0.25) is 9.78 Å². The van der Waals surface area contributed by atoms with Gasteiger partial charge in [-0.2, -0.15) is 0 Å². The lowest BCUT2D eigenvalue weighted by Gasteiger charge is -2.31. The molecule has 104 valence electrons. The van der Waals surface area contributed by atoms with Gasteiger partial charge in [-0.05, 0) is 25.7 Å². The summed E-state index contributed by atoms with van der Waals surface area (Å²) in [6.07, 6.45) is 3.58. The van der Waals surface area contributed by atoms with Crippen LogP contribution in [-0.4, -0.2) is 35.6 Å². The van der Waals surface area contributed by atoms with E-state index in [1.807, 2.05) is 4.90 Å². The zero-order valence-electron chi connectivity index (χ0n) is 11.3. The number of nitrogens with zero attached hydrogens (tertiary/aromatic N) is 2. The second-order valence-electron chi connectivity index (χ2n) is 4.86. The Balaban J connectivity index is 2.19. The molecule has 6 heteroatoms. The van der Waals surface area contributed by atoms with Crippen molar-refractivity contribution in [1.29, 1.82) is 0 Å². The molecule has 1 aromatic heterocycles. The van der Waals surface area contributed by atoms with E-state index in [2.05, 4.69) is 16.9 Å². The number of piperidine rings is 1. The Hall–Kier alpha value is -1.85. The first-order valence-electron chi connectivity index (χ1n) is 6.63. The molecule has 0 aromatic carbocycles. The third-order valence-electron chi connectivity index (χ3n) is 3.24. The van der Waals surface area contributed by atoms with Crippen LogP contribution in [0.1, 0.15) is 37.0 Å². The van der Waals surface area contributed by atoms with E-state index in [0.717, 1.165) is 19.5 Å². The van der Waals surface area contributed by atoms with Crippen LogP contribution in [-0.2, 0) is 4.74 Å². The fraction of sp³-hybridized carbons (Fsp3) is 0.615. The molecule has 0 amide bonds. The highest BCUT2D eigenvalue weighted by atomic mass is 16.5. The molecule has 0 spiro atoms. The van der Waals surface area contributed by atoms with Crippen LogP contribution in [0.15, 0.2) is 11.0 Å². The molecule has 2 rings (SSSR count). The Bertz CT molecular complexity index is 512. The molecule has 0 aliphatic carbocycles. The first-order chi connectivity index (χ1) is 9.11. The molecule has 1 atom stereocenters. The van der Waals surface area contributed by atoms with Gasteiger partial charge in [0.25, 0.3) is 5.56 Å². The third kappa shape index (κ3) is 3.13. The number of anilines is 1. The van der Waals surface area contributed by atoms with Gasteiger partial charge in [0.2, 0.25) is 5.95 Å². The molecular formula is C13H19N3O3. The van der Waals surface area contributed by atoms with Crippen molar-refractivity contribution in [2.45, 2.75) is 26.7 Å². The summed E-state index contributed by atoms with van der Waals surface area (Å²) in [4.78, 5) is 32.2. The zero-order chi connectivity index (χ0) is 13.8. The second-order valence-corrected chi connectivity index (χ2v) is 4.86. The lowest BCUT2D eigenvalue weighted by molar-refractivity contribution is 0.0523. The maximum Gasteiger partial charge on any atom is 0.345 e. The summed E-state index contributed by atoms with van der Waals surface area (Å²) in [5.74, 6) is 0.489. The number of aromatic amines is 1. The molecule has 1 aromatic rings. The van der Waals surface area contributed by atoms with Crippen LogP contribution < -0.4 is 10.5 Å². The fourth-order valence-electron chi connectivity index (χ4n) is 2.28. The largest absolute Gasteiger partial charge is 0.462 e. The SMILES string of the molecule is CCOC(=O)c1cnc(N2CCC[C@@H](C)C2)[nH]c1=O. The number of hydrogen-bond donors (Lipinski definition) is 1. The highest BCUT2D eigenvalue weighted by molar-refractivity contribution is 5.88. The predicted octanol–water partition coefficient (Wildman–Crippen LogP) is 1.18. The van der Waals surface area contributed by atoms with Gasteiger partial charge in [0.05, 0.1) is 12.8 Å². The van der Waals surface area contributed by atoms with Crippen molar-refractivity contribution in [3.8, 4) is 0 Å². The van der Waals surface area contributed by atoms with E-state index in [-0.39, 0.29) is 12.2 Å². The van der Waals surface area contributed by atoms with Crippen molar-refractivity contribution < 1.29 is 9.53 Å². The summed E-state index contributed by atoms with van der Waals surface area (Å²) in [6.45, 7) is 5.87. The van der Waals surface area contributed by atoms with Crippen LogP contribution in [0.3, 0.4) is 0 Å². The number of nitrogens with one attached hydrogen (secondary N) is 1. The van der Waals surface area contributed by atoms with Crippen LogP contribution in [0.4, 0.5) is 5.95 Å². The molecular weight excluding hydrogens is 246 g/mol. The average Bonchev–Trinajstić information content (AvgIpc) is 2.38. The monoisotopic (exact) mass is 265 g/mol. The maximum absolute atomic E-state index is 11.9. The second kappa shape index (κ2) is 5.86. The topological polar surface area (TPSA) is 75.3 Å². The van der Waals surface area contributed by atoms with Crippen molar-refractivity contribution in [3.63, 3.8) is 0 Å². The van der Waals surface area contributed by atoms with Crippen molar-refractivity contribution >= 4 is 11.9 Å². The van der Waals surface area contributed by atoms with Crippen molar-refractivity contribution in [1.82, 2.24) is 9.97 Å². The van der Waals surface area contributed by atoms with E-state index in [1.54, 1.807) is 6.92 Å². The molecule has 19 heavy (non-hydrogen) atoms. The van der Waals surface area contributed by atoms with E-state index in [9.17, 15) is 9.59 Å². The number of hydrogen-bond acceptors (Lipinski definition) is 5. The Kier molecular flexibility index (Phi) is 4.19. The van der Waals surface area contributed by atoms with E-state index in [4.69, 9.17) is 4.74 Å². The molecule has 1 saturated heterocycles. The Morgan fingerprint density at radius 2 is 2.42 bits per heavy atom. The summed E-state index contributed by atoms with van der Waals surface area (Å²) in [5.41, 5.74) is -0.489. The smallest absolute Gasteiger partial charge is 0.345 e. The van der Waals surface area contributed by atoms with E-state index >= 15 is 0 Å². The van der Waals surface area contributed by atoms with Crippen molar-refractivity contribution in [2.75, 3.05) is 24.6 Å². The lowest BCUT2D eigenvalue weighted by Crippen LogP contribution is -2.37. The normalized spacial score (nSPS) is 19.3. The fourth-order valence-corrected chi connectivity index (χ4v) is 2.28. The van der Waals surface area contributed by atoms with Gasteiger partial charge in [0.15, 0.2) is 0 Å². The number of aromatic nitrogens is 2. The standard InChI is InChI=1S/C13H19N3O3/c1-3-19-12(18)10-7-14-13(15-11(10)17)16-6-4-5-9(2)8-16/h7,9H,3-6,8H2,1-2H3,(H,14,15,17)/t9-/m1/s1. The van der Waals surface area contributed by atoms with E-state index in [1.165, 1.54) is 12.6 Å². The van der Waals surface area contributed by atoms with Crippen molar-refractivity contribution in [2.24, 2.45) is 5.92 Å². The van der Waals surface area contributed by atoms with Crippen LogP contribution in [0.5, 0.6) is 0 Å². The minimum atomic E-state index is -0.630. The molecule has 6 nitrogen and oxygen atoms in total. The summed E-state index contributed by atoms with van der Waals surface area (Å²) < 4.78 is 4.80. The third-order valence-corrected chi connectivity index (χ3v) is 3.24. The van der Waals surface area contributed by atoms with E-state index in [0.29, 0.717) is 11.9 Å². The van der Waals surface area contributed by atoms with E-state index < -0.39 is 11.5 Å². The zero-order valence-corrected chi connectivity index (χ0v) is 11.3. The van der Waals surface area contributed by atoms with Crippen LogP contribution in [0.2, 0.25) is 0 Å². The van der Waals surface area contributed by atoms with Gasteiger partial charge in [0, 0.05) is 13.1 Å². The number of ether oxygens (including phenoxy) is 1. The molecule has 0 saturated carbocycles. The molecule has 0 unspecified atom stereocenters. The molecule has 1 aliphatic heterocycles. The number of carbonyl (C=O) groups excluding carboxylic acids is 1. The Morgan fingerprint density at radius 3 is 3.05 bits per heavy atom. The summed E-state index contributed by atoms with van der Waals surface area (Å²) in [7, 11) is 0. The van der Waals surface area contributed by atoms with Crippen molar-refractivity contribution in [3.05, 3.63) is 22.1 Å². The maximum atomic E-state index is 11.9. The minimum Gasteiger partial charge on any atom is -0.462 e. The first kappa shape index (κ1) is 13.6. The number of esters is 1. The predicted molar refractivity (Wildman–Crippen MR) is 71.4 cm³/mol. The van der Waals surface area contributed by atoms with Gasteiger partial charge < -0.3 is 9.64 Å². The van der Waals surface area contributed by atoms with Gasteiger partial charge in [-0.1, -0.05) is 6.92 Å². The summed E-state index contributed by atoms with van der Waals surface area (Å²) in [6, 6.07) is 0.